The van der Waals surface area contributed by atoms with Gasteiger partial charge in [0.05, 0.1) is 13.2 Å². The van der Waals surface area contributed by atoms with Crippen LogP contribution >= 0.6 is 0 Å². The Labute approximate surface area is 98.3 Å². The molecule has 1 heterocycles. The maximum absolute atomic E-state index is 9.09. The van der Waals surface area contributed by atoms with Crippen LogP contribution in [0.3, 0.4) is 0 Å². The molecule has 0 saturated carbocycles. The van der Waals surface area contributed by atoms with Gasteiger partial charge in [-0.1, -0.05) is 0 Å². The number of rotatable bonds is 7. The van der Waals surface area contributed by atoms with Crippen LogP contribution < -0.4 is 5.32 Å². The van der Waals surface area contributed by atoms with Crippen molar-refractivity contribution in [3.05, 3.63) is 0 Å². The highest BCUT2D eigenvalue weighted by Gasteiger charge is 2.30. The highest BCUT2D eigenvalue weighted by molar-refractivity contribution is 4.88. The van der Waals surface area contributed by atoms with Crippen LogP contribution in [0.4, 0.5) is 0 Å². The number of hydrogen-bond acceptors (Lipinski definition) is 4. The monoisotopic (exact) mass is 231 g/mol. The van der Waals surface area contributed by atoms with Gasteiger partial charge in [0.25, 0.3) is 0 Å². The van der Waals surface area contributed by atoms with Crippen LogP contribution in [-0.2, 0) is 9.47 Å². The predicted octanol–water partition coefficient (Wildman–Crippen LogP) is 0.788. The molecule has 3 atom stereocenters. The average Bonchev–Trinajstić information content (AvgIpc) is 2.70. The molecule has 1 fully saturated rings. The molecule has 0 aromatic heterocycles. The molecule has 96 valence electrons. The van der Waals surface area contributed by atoms with Gasteiger partial charge in [-0.3, -0.25) is 0 Å². The number of aliphatic hydroxyl groups excluding tert-OH is 1. The molecular formula is C12H25NO3. The van der Waals surface area contributed by atoms with Crippen molar-refractivity contribution in [2.75, 3.05) is 33.5 Å². The summed E-state index contributed by atoms with van der Waals surface area (Å²) in [6.45, 7) is 6.80. The molecule has 4 nitrogen and oxygen atoms in total. The third-order valence-electron chi connectivity index (χ3n) is 3.37. The molecule has 0 amide bonds. The summed E-state index contributed by atoms with van der Waals surface area (Å²) in [5.41, 5.74) is -0.147. The second-order valence-corrected chi connectivity index (χ2v) is 5.02. The van der Waals surface area contributed by atoms with E-state index in [9.17, 15) is 0 Å². The first-order chi connectivity index (χ1) is 7.61. The van der Waals surface area contributed by atoms with Gasteiger partial charge in [-0.05, 0) is 32.6 Å². The van der Waals surface area contributed by atoms with E-state index in [1.54, 1.807) is 7.11 Å². The molecule has 1 aliphatic rings. The lowest BCUT2D eigenvalue weighted by Crippen LogP contribution is -2.53. The maximum Gasteiger partial charge on any atom is 0.0642 e. The zero-order valence-electron chi connectivity index (χ0n) is 10.7. The molecule has 1 saturated heterocycles. The zero-order valence-corrected chi connectivity index (χ0v) is 10.7. The summed E-state index contributed by atoms with van der Waals surface area (Å²) >= 11 is 0. The van der Waals surface area contributed by atoms with Gasteiger partial charge in [0.15, 0.2) is 0 Å². The topological polar surface area (TPSA) is 50.7 Å². The molecule has 0 radical (unpaired) electrons. The van der Waals surface area contributed by atoms with Gasteiger partial charge in [-0.2, -0.15) is 0 Å². The molecule has 0 aliphatic carbocycles. The van der Waals surface area contributed by atoms with Crippen LogP contribution in [0.15, 0.2) is 0 Å². The SMILES string of the molecule is COCC(C)(CCO)NC(C)C1CCOC1. The summed E-state index contributed by atoms with van der Waals surface area (Å²) in [6, 6.07) is 0.397. The summed E-state index contributed by atoms with van der Waals surface area (Å²) in [5.74, 6) is 0.579. The Kier molecular flexibility index (Phi) is 5.69. The minimum atomic E-state index is -0.147. The molecular weight excluding hydrogens is 206 g/mol. The minimum Gasteiger partial charge on any atom is -0.396 e. The van der Waals surface area contributed by atoms with Crippen molar-refractivity contribution in [3.8, 4) is 0 Å². The Morgan fingerprint density at radius 1 is 1.62 bits per heavy atom. The van der Waals surface area contributed by atoms with Crippen molar-refractivity contribution in [3.63, 3.8) is 0 Å². The van der Waals surface area contributed by atoms with Gasteiger partial charge in [0.2, 0.25) is 0 Å². The summed E-state index contributed by atoms with van der Waals surface area (Å²) in [4.78, 5) is 0. The largest absolute Gasteiger partial charge is 0.396 e. The third-order valence-corrected chi connectivity index (χ3v) is 3.37. The fraction of sp³-hybridized carbons (Fsp3) is 1.00. The van der Waals surface area contributed by atoms with E-state index in [0.29, 0.717) is 25.0 Å². The second-order valence-electron chi connectivity index (χ2n) is 5.02. The Bertz CT molecular complexity index is 187. The van der Waals surface area contributed by atoms with Gasteiger partial charge in [0.1, 0.15) is 0 Å². The van der Waals surface area contributed by atoms with Crippen LogP contribution in [0.5, 0.6) is 0 Å². The van der Waals surface area contributed by atoms with Crippen molar-refractivity contribution in [2.24, 2.45) is 5.92 Å². The van der Waals surface area contributed by atoms with Gasteiger partial charge < -0.3 is 19.9 Å². The molecule has 4 heteroatoms. The van der Waals surface area contributed by atoms with E-state index in [0.717, 1.165) is 19.6 Å². The van der Waals surface area contributed by atoms with E-state index in [2.05, 4.69) is 19.2 Å². The van der Waals surface area contributed by atoms with Crippen molar-refractivity contribution >= 4 is 0 Å². The summed E-state index contributed by atoms with van der Waals surface area (Å²) in [7, 11) is 1.70. The molecule has 0 aromatic rings. The van der Waals surface area contributed by atoms with Crippen molar-refractivity contribution in [1.82, 2.24) is 5.32 Å². The maximum atomic E-state index is 9.09. The van der Waals surface area contributed by atoms with Crippen LogP contribution in [0, 0.1) is 5.92 Å². The van der Waals surface area contributed by atoms with Crippen LogP contribution in [0.25, 0.3) is 0 Å². The first-order valence-electron chi connectivity index (χ1n) is 6.06. The Morgan fingerprint density at radius 2 is 2.38 bits per heavy atom. The number of aliphatic hydroxyl groups is 1. The first kappa shape index (κ1) is 13.9. The first-order valence-corrected chi connectivity index (χ1v) is 6.06. The van der Waals surface area contributed by atoms with E-state index >= 15 is 0 Å². The van der Waals surface area contributed by atoms with E-state index in [-0.39, 0.29) is 12.1 Å². The average molecular weight is 231 g/mol. The number of nitrogens with one attached hydrogen (secondary N) is 1. The van der Waals surface area contributed by atoms with Crippen molar-refractivity contribution < 1.29 is 14.6 Å². The zero-order chi connectivity index (χ0) is 12.0. The van der Waals surface area contributed by atoms with Gasteiger partial charge >= 0.3 is 0 Å². The molecule has 1 aliphatic heterocycles. The van der Waals surface area contributed by atoms with Gasteiger partial charge in [0, 0.05) is 31.9 Å². The Hall–Kier alpha value is -0.160. The standard InChI is InChI=1S/C12H25NO3/c1-10(11-4-7-16-8-11)13-12(2,5-6-14)9-15-3/h10-11,13-14H,4-9H2,1-3H3. The molecule has 0 bridgehead atoms. The number of hydrogen-bond donors (Lipinski definition) is 2. The Morgan fingerprint density at radius 3 is 2.88 bits per heavy atom. The molecule has 16 heavy (non-hydrogen) atoms. The quantitative estimate of drug-likeness (QED) is 0.680. The lowest BCUT2D eigenvalue weighted by atomic mass is 9.93. The highest BCUT2D eigenvalue weighted by atomic mass is 16.5. The molecule has 3 unspecified atom stereocenters. The van der Waals surface area contributed by atoms with Crippen LogP contribution in [-0.4, -0.2) is 50.2 Å². The van der Waals surface area contributed by atoms with E-state index in [1.165, 1.54) is 0 Å². The van der Waals surface area contributed by atoms with Crippen molar-refractivity contribution in [1.29, 1.82) is 0 Å². The molecule has 2 N–H and O–H groups in total. The van der Waals surface area contributed by atoms with E-state index < -0.39 is 0 Å². The van der Waals surface area contributed by atoms with Gasteiger partial charge in [-0.25, -0.2) is 0 Å². The molecule has 1 rings (SSSR count). The number of methoxy groups -OCH3 is 1. The predicted molar refractivity (Wildman–Crippen MR) is 63.5 cm³/mol. The number of ether oxygens (including phenoxy) is 2. The smallest absolute Gasteiger partial charge is 0.0642 e. The lowest BCUT2D eigenvalue weighted by molar-refractivity contribution is 0.0828. The van der Waals surface area contributed by atoms with Crippen LogP contribution in [0.1, 0.15) is 26.7 Å². The molecule has 0 spiro atoms. The molecule has 0 aromatic carbocycles. The van der Waals surface area contributed by atoms with E-state index in [4.69, 9.17) is 14.6 Å². The van der Waals surface area contributed by atoms with E-state index in [1.807, 2.05) is 0 Å². The normalized spacial score (nSPS) is 26.6. The minimum absolute atomic E-state index is 0.147. The highest BCUT2D eigenvalue weighted by Crippen LogP contribution is 2.20. The fourth-order valence-electron chi connectivity index (χ4n) is 2.37. The lowest BCUT2D eigenvalue weighted by Gasteiger charge is -2.35. The fourth-order valence-corrected chi connectivity index (χ4v) is 2.37. The summed E-state index contributed by atoms with van der Waals surface area (Å²) in [5, 5.41) is 12.7. The summed E-state index contributed by atoms with van der Waals surface area (Å²) in [6.07, 6.45) is 1.83. The van der Waals surface area contributed by atoms with Crippen molar-refractivity contribution in [2.45, 2.75) is 38.3 Å². The second kappa shape index (κ2) is 6.55. The van der Waals surface area contributed by atoms with Crippen LogP contribution in [0.2, 0.25) is 0 Å². The summed E-state index contributed by atoms with van der Waals surface area (Å²) < 4.78 is 10.6. The third kappa shape index (κ3) is 4.01. The van der Waals surface area contributed by atoms with Gasteiger partial charge in [-0.15, -0.1) is 0 Å². The Balaban J connectivity index is 2.45.